The molecule has 1 aromatic rings. The zero-order chi connectivity index (χ0) is 12.7. The van der Waals surface area contributed by atoms with Crippen LogP contribution >= 0.6 is 10.2 Å². The van der Waals surface area contributed by atoms with E-state index in [1.54, 1.807) is 0 Å². The lowest BCUT2D eigenvalue weighted by atomic mass is 10.4. The summed E-state index contributed by atoms with van der Waals surface area (Å²) in [5, 5.41) is -2.36. The summed E-state index contributed by atoms with van der Waals surface area (Å²) < 4.78 is 65.5. The van der Waals surface area contributed by atoms with Gasteiger partial charge in [-0.1, -0.05) is 25.5 Å². The van der Waals surface area contributed by atoms with Crippen LogP contribution in [0, 0.1) is 0 Å². The first-order valence-electron chi connectivity index (χ1n) is 3.73. The van der Waals surface area contributed by atoms with Crippen molar-refractivity contribution in [3.05, 3.63) is 23.9 Å². The number of esters is 1. The molecule has 1 rings (SSSR count). The molecule has 0 amide bonds. The third-order valence-electron chi connectivity index (χ3n) is 1.51. The number of nitrogens with zero attached hydrogens (tertiary/aromatic N) is 1. The van der Waals surface area contributed by atoms with Gasteiger partial charge in [-0.25, -0.2) is 9.78 Å². The van der Waals surface area contributed by atoms with E-state index in [0.29, 0.717) is 6.07 Å². The fourth-order valence-electron chi connectivity index (χ4n) is 0.848. The molecule has 92 valence electrons. The summed E-state index contributed by atoms with van der Waals surface area (Å²) in [6, 6.07) is 1.61. The summed E-state index contributed by atoms with van der Waals surface area (Å²) in [6.07, 6.45) is 0. The fraction of sp³-hybridized carbons (Fsp3) is 0.143. The van der Waals surface area contributed by atoms with Gasteiger partial charge in [0.2, 0.25) is 0 Å². The van der Waals surface area contributed by atoms with Crippen molar-refractivity contribution in [2.75, 3.05) is 7.11 Å². The van der Waals surface area contributed by atoms with Crippen molar-refractivity contribution in [1.82, 2.24) is 4.98 Å². The quantitative estimate of drug-likeness (QED) is 0.605. The molecule has 0 fully saturated rings. The van der Waals surface area contributed by atoms with Crippen molar-refractivity contribution in [3.8, 4) is 0 Å². The van der Waals surface area contributed by atoms with E-state index in [1.807, 2.05) is 0 Å². The molecule has 0 aliphatic heterocycles. The monoisotopic (exact) mass is 263 g/mol. The van der Waals surface area contributed by atoms with Gasteiger partial charge in [0.15, 0.2) is 5.03 Å². The molecule has 0 saturated heterocycles. The Hall–Kier alpha value is -1.38. The molecule has 3 nitrogen and oxygen atoms in total. The average molecular weight is 263 g/mol. The normalized spacial score (nSPS) is 16.1. The van der Waals surface area contributed by atoms with E-state index < -0.39 is 26.9 Å². The second-order valence-corrected chi connectivity index (χ2v) is 5.18. The van der Waals surface area contributed by atoms with Crippen LogP contribution in [-0.4, -0.2) is 18.1 Å². The number of carbonyl (C=O) groups is 1. The molecule has 0 aliphatic carbocycles. The molecule has 0 radical (unpaired) electrons. The number of hydrogen-bond donors (Lipinski definition) is 0. The van der Waals surface area contributed by atoms with Crippen molar-refractivity contribution in [3.63, 3.8) is 0 Å². The Morgan fingerprint density at radius 3 is 2.25 bits per heavy atom. The Kier molecular flexibility index (Phi) is 2.25. The second-order valence-electron chi connectivity index (χ2n) is 2.82. The molecule has 0 atom stereocenters. The van der Waals surface area contributed by atoms with Gasteiger partial charge >= 0.3 is 16.2 Å². The Morgan fingerprint density at radius 1 is 1.25 bits per heavy atom. The molecule has 0 aliphatic rings. The van der Waals surface area contributed by atoms with E-state index in [2.05, 4.69) is 9.72 Å². The van der Waals surface area contributed by atoms with Gasteiger partial charge in [0.25, 0.3) is 0 Å². The second kappa shape index (κ2) is 2.84. The van der Waals surface area contributed by atoms with Crippen molar-refractivity contribution in [1.29, 1.82) is 0 Å². The summed E-state index contributed by atoms with van der Waals surface area (Å²) in [7, 11) is -8.95. The van der Waals surface area contributed by atoms with Crippen LogP contribution in [0.4, 0.5) is 19.4 Å². The van der Waals surface area contributed by atoms with Gasteiger partial charge in [-0.3, -0.25) is 0 Å². The maximum atomic E-state index is 12.3. The first-order chi connectivity index (χ1) is 6.94. The zero-order valence-electron chi connectivity index (χ0n) is 7.79. The van der Waals surface area contributed by atoms with Crippen molar-refractivity contribution in [2.45, 2.75) is 5.03 Å². The maximum Gasteiger partial charge on any atom is 0.356 e. The van der Waals surface area contributed by atoms with E-state index in [1.165, 1.54) is 0 Å². The third kappa shape index (κ3) is 2.81. The molecule has 0 aromatic carbocycles. The Labute approximate surface area is 87.0 Å². The van der Waals surface area contributed by atoms with Crippen LogP contribution in [0.2, 0.25) is 0 Å². The largest absolute Gasteiger partial charge is 0.464 e. The Balaban J connectivity index is 3.36. The highest BCUT2D eigenvalue weighted by Crippen LogP contribution is 3.01. The minimum Gasteiger partial charge on any atom is -0.464 e. The number of pyridine rings is 1. The summed E-state index contributed by atoms with van der Waals surface area (Å²) in [5.74, 6) is -1.22. The first kappa shape index (κ1) is 12.7. The lowest BCUT2D eigenvalue weighted by Gasteiger charge is -2.39. The van der Waals surface area contributed by atoms with Gasteiger partial charge in [-0.05, 0) is 12.1 Å². The molecule has 0 N–H and O–H groups in total. The molecule has 0 spiro atoms. The minimum absolute atomic E-state index is 0.105. The van der Waals surface area contributed by atoms with Gasteiger partial charge < -0.3 is 4.74 Å². The molecule has 0 bridgehead atoms. The summed E-state index contributed by atoms with van der Waals surface area (Å²) >= 11 is 0. The first-order valence-corrected chi connectivity index (χ1v) is 5.68. The predicted molar refractivity (Wildman–Crippen MR) is 47.0 cm³/mol. The summed E-state index contributed by atoms with van der Waals surface area (Å²) in [4.78, 5) is 13.4. The standard InChI is InChI=1S/C7H6F5NO2S/c1-15-7(14)5-3-2-4-6(13-5)16(8,9,10,11)12/h2-4H,1H3. The van der Waals surface area contributed by atoms with Gasteiger partial charge in [-0.15, -0.1) is 0 Å². The van der Waals surface area contributed by atoms with Gasteiger partial charge in [0.1, 0.15) is 5.69 Å². The zero-order valence-corrected chi connectivity index (χ0v) is 8.61. The number of methoxy groups -OCH3 is 1. The summed E-state index contributed by atoms with van der Waals surface area (Å²) in [5.41, 5.74) is -0.826. The van der Waals surface area contributed by atoms with Crippen LogP contribution in [0.15, 0.2) is 23.2 Å². The lowest BCUT2D eigenvalue weighted by Crippen LogP contribution is -2.12. The van der Waals surface area contributed by atoms with E-state index in [9.17, 15) is 24.2 Å². The van der Waals surface area contributed by atoms with Crippen molar-refractivity contribution < 1.29 is 29.0 Å². The molecule has 1 heterocycles. The van der Waals surface area contributed by atoms with E-state index >= 15 is 0 Å². The highest BCUT2D eigenvalue weighted by molar-refractivity contribution is 8.45. The fourth-order valence-corrected chi connectivity index (χ4v) is 1.45. The molecule has 1 aromatic heterocycles. The number of carbonyl (C=O) groups excluding carboxylic acids is 1. The summed E-state index contributed by atoms with van der Waals surface area (Å²) in [6.45, 7) is 0. The van der Waals surface area contributed by atoms with E-state index in [-0.39, 0.29) is 6.07 Å². The smallest absolute Gasteiger partial charge is 0.356 e. The van der Waals surface area contributed by atoms with Crippen LogP contribution in [0.1, 0.15) is 10.5 Å². The van der Waals surface area contributed by atoms with Crippen LogP contribution in [-0.2, 0) is 4.74 Å². The molecule has 0 saturated carbocycles. The van der Waals surface area contributed by atoms with Crippen LogP contribution < -0.4 is 0 Å². The molecule has 9 heteroatoms. The molecular formula is C7H6F5NO2S. The topological polar surface area (TPSA) is 39.2 Å². The molecular weight excluding hydrogens is 257 g/mol. The number of rotatable bonds is 2. The Morgan fingerprint density at radius 2 is 1.81 bits per heavy atom. The van der Waals surface area contributed by atoms with Gasteiger partial charge in [0.05, 0.1) is 7.11 Å². The molecule has 0 unspecified atom stereocenters. The lowest BCUT2D eigenvalue weighted by molar-refractivity contribution is 0.0593. The van der Waals surface area contributed by atoms with Gasteiger partial charge in [-0.2, -0.15) is 0 Å². The van der Waals surface area contributed by atoms with Gasteiger partial charge in [0, 0.05) is 0 Å². The molecule has 16 heavy (non-hydrogen) atoms. The Bertz CT molecular complexity index is 443. The third-order valence-corrected chi connectivity index (χ3v) is 2.53. The minimum atomic E-state index is -9.85. The van der Waals surface area contributed by atoms with E-state index in [4.69, 9.17) is 0 Å². The highest BCUT2D eigenvalue weighted by Gasteiger charge is 2.67. The maximum absolute atomic E-state index is 12.3. The van der Waals surface area contributed by atoms with Crippen molar-refractivity contribution in [2.24, 2.45) is 0 Å². The number of aromatic nitrogens is 1. The van der Waals surface area contributed by atoms with Crippen LogP contribution in [0.5, 0.6) is 0 Å². The average Bonchev–Trinajstić information content (AvgIpc) is 2.13. The van der Waals surface area contributed by atoms with Crippen molar-refractivity contribution >= 4 is 16.2 Å². The van der Waals surface area contributed by atoms with Crippen LogP contribution in [0.25, 0.3) is 0 Å². The number of halogens is 5. The predicted octanol–water partition coefficient (Wildman–Crippen LogP) is 3.53. The number of ether oxygens (including phenoxy) is 1. The highest BCUT2D eigenvalue weighted by atomic mass is 32.5. The van der Waals surface area contributed by atoms with E-state index in [0.717, 1.165) is 13.2 Å². The number of hydrogen-bond acceptors (Lipinski definition) is 3. The van der Waals surface area contributed by atoms with Crippen LogP contribution in [0.3, 0.4) is 0 Å². The SMILES string of the molecule is COC(=O)c1cccc(S(F)(F)(F)(F)F)n1.